The van der Waals surface area contributed by atoms with E-state index in [1.165, 1.54) is 20.3 Å². The lowest BCUT2D eigenvalue weighted by atomic mass is 9.66. The SMILES string of the molecule is Cc1cc(I)ccc1CN1CCC(C)(c2cccc(CO)c2)C(CN(C)C)C1. The summed E-state index contributed by atoms with van der Waals surface area (Å²) in [4.78, 5) is 4.94. The Morgan fingerprint density at radius 1 is 1.21 bits per heavy atom. The van der Waals surface area contributed by atoms with Crippen molar-refractivity contribution in [3.8, 4) is 0 Å². The summed E-state index contributed by atoms with van der Waals surface area (Å²) >= 11 is 2.39. The Labute approximate surface area is 183 Å². The van der Waals surface area contributed by atoms with Crippen molar-refractivity contribution in [1.82, 2.24) is 9.80 Å². The van der Waals surface area contributed by atoms with Gasteiger partial charge in [0, 0.05) is 23.2 Å². The van der Waals surface area contributed by atoms with Crippen LogP contribution in [0.4, 0.5) is 0 Å². The van der Waals surface area contributed by atoms with E-state index >= 15 is 0 Å². The van der Waals surface area contributed by atoms with Gasteiger partial charge in [-0.05, 0) is 102 Å². The molecule has 0 spiro atoms. The molecule has 28 heavy (non-hydrogen) atoms. The Morgan fingerprint density at radius 3 is 2.68 bits per heavy atom. The number of aryl methyl sites for hydroxylation is 1. The van der Waals surface area contributed by atoms with Crippen LogP contribution in [0, 0.1) is 16.4 Å². The molecule has 1 fully saturated rings. The van der Waals surface area contributed by atoms with Gasteiger partial charge in [0.2, 0.25) is 0 Å². The Morgan fingerprint density at radius 2 is 2.00 bits per heavy atom. The van der Waals surface area contributed by atoms with Crippen LogP contribution >= 0.6 is 22.6 Å². The molecule has 0 saturated carbocycles. The Balaban J connectivity index is 1.82. The maximum atomic E-state index is 9.59. The van der Waals surface area contributed by atoms with Crippen LogP contribution in [-0.2, 0) is 18.6 Å². The first kappa shape index (κ1) is 21.8. The summed E-state index contributed by atoms with van der Waals surface area (Å²) < 4.78 is 1.30. The number of piperidine rings is 1. The minimum atomic E-state index is 0.112. The second-order valence-corrected chi connectivity index (χ2v) is 10.0. The normalized spacial score (nSPS) is 23.3. The topological polar surface area (TPSA) is 26.7 Å². The second kappa shape index (κ2) is 9.24. The van der Waals surface area contributed by atoms with Crippen molar-refractivity contribution in [2.24, 2.45) is 5.92 Å². The minimum Gasteiger partial charge on any atom is -0.392 e. The maximum Gasteiger partial charge on any atom is 0.0681 e. The summed E-state index contributed by atoms with van der Waals surface area (Å²) in [5, 5.41) is 9.59. The second-order valence-electron chi connectivity index (χ2n) is 8.79. The van der Waals surface area contributed by atoms with Crippen LogP contribution in [0.5, 0.6) is 0 Å². The molecule has 3 rings (SSSR count). The number of hydrogen-bond donors (Lipinski definition) is 1. The monoisotopic (exact) mass is 492 g/mol. The van der Waals surface area contributed by atoms with E-state index in [-0.39, 0.29) is 12.0 Å². The summed E-state index contributed by atoms with van der Waals surface area (Å²) in [5.74, 6) is 0.550. The van der Waals surface area contributed by atoms with Gasteiger partial charge >= 0.3 is 0 Å². The molecule has 2 unspecified atom stereocenters. The molecule has 0 bridgehead atoms. The number of aliphatic hydroxyl groups excluding tert-OH is 1. The van der Waals surface area contributed by atoms with Crippen LogP contribution in [0.2, 0.25) is 0 Å². The molecule has 0 aromatic heterocycles. The van der Waals surface area contributed by atoms with E-state index in [0.717, 1.165) is 38.2 Å². The summed E-state index contributed by atoms with van der Waals surface area (Å²) in [7, 11) is 4.35. The molecule has 0 amide bonds. The highest BCUT2D eigenvalue weighted by Gasteiger charge is 2.40. The van der Waals surface area contributed by atoms with E-state index in [2.05, 4.69) is 96.7 Å². The standard InChI is InChI=1S/C24H33IN2O/c1-18-12-23(25)9-8-20(18)14-27-11-10-24(2,22(16-27)15-26(3)4)21-7-5-6-19(13-21)17-28/h5-9,12-13,22,28H,10-11,14-17H2,1-4H3. The summed E-state index contributed by atoms with van der Waals surface area (Å²) in [6.45, 7) is 9.06. The lowest BCUT2D eigenvalue weighted by Gasteiger charge is -2.47. The van der Waals surface area contributed by atoms with Gasteiger partial charge in [0.15, 0.2) is 0 Å². The van der Waals surface area contributed by atoms with Gasteiger partial charge in [0.1, 0.15) is 0 Å². The van der Waals surface area contributed by atoms with Crippen LogP contribution in [-0.4, -0.2) is 48.6 Å². The third-order valence-electron chi connectivity index (χ3n) is 6.38. The first-order valence-electron chi connectivity index (χ1n) is 10.1. The van der Waals surface area contributed by atoms with Gasteiger partial charge in [-0.15, -0.1) is 0 Å². The molecule has 1 aliphatic rings. The van der Waals surface area contributed by atoms with Gasteiger partial charge in [-0.1, -0.05) is 37.3 Å². The maximum absolute atomic E-state index is 9.59. The van der Waals surface area contributed by atoms with Crippen molar-refractivity contribution in [3.05, 3.63) is 68.3 Å². The molecule has 0 radical (unpaired) electrons. The van der Waals surface area contributed by atoms with Crippen molar-refractivity contribution in [2.75, 3.05) is 33.7 Å². The Bertz CT molecular complexity index is 807. The van der Waals surface area contributed by atoms with E-state index in [1.54, 1.807) is 0 Å². The number of rotatable bonds is 6. The third-order valence-corrected chi connectivity index (χ3v) is 7.05. The smallest absolute Gasteiger partial charge is 0.0681 e. The fourth-order valence-electron chi connectivity index (χ4n) is 4.53. The first-order valence-corrected chi connectivity index (χ1v) is 11.2. The van der Waals surface area contributed by atoms with Gasteiger partial charge in [0.05, 0.1) is 6.61 Å². The minimum absolute atomic E-state index is 0.112. The highest BCUT2D eigenvalue weighted by atomic mass is 127. The van der Waals surface area contributed by atoms with Crippen molar-refractivity contribution in [3.63, 3.8) is 0 Å². The number of hydrogen-bond acceptors (Lipinski definition) is 3. The zero-order chi connectivity index (χ0) is 20.3. The zero-order valence-corrected chi connectivity index (χ0v) is 19.7. The molecule has 1 N–H and O–H groups in total. The van der Waals surface area contributed by atoms with Gasteiger partial charge in [-0.25, -0.2) is 0 Å². The van der Waals surface area contributed by atoms with E-state index < -0.39 is 0 Å². The number of halogens is 1. The molecule has 4 heteroatoms. The number of likely N-dealkylation sites (tertiary alicyclic amines) is 1. The van der Waals surface area contributed by atoms with Gasteiger partial charge in [-0.3, -0.25) is 4.90 Å². The first-order chi connectivity index (χ1) is 13.3. The molecule has 1 saturated heterocycles. The van der Waals surface area contributed by atoms with E-state index in [0.29, 0.717) is 5.92 Å². The quantitative estimate of drug-likeness (QED) is 0.605. The predicted molar refractivity (Wildman–Crippen MR) is 126 cm³/mol. The van der Waals surface area contributed by atoms with Gasteiger partial charge < -0.3 is 10.0 Å². The molecule has 2 aromatic rings. The number of aliphatic hydroxyl groups is 1. The number of benzene rings is 2. The van der Waals surface area contributed by atoms with E-state index in [1.807, 2.05) is 6.07 Å². The summed E-state index contributed by atoms with van der Waals surface area (Å²) in [6, 6.07) is 15.4. The molecular weight excluding hydrogens is 459 g/mol. The lowest BCUT2D eigenvalue weighted by molar-refractivity contribution is 0.0766. The summed E-state index contributed by atoms with van der Waals surface area (Å²) in [5.41, 5.74) is 5.35. The van der Waals surface area contributed by atoms with Gasteiger partial charge in [0.25, 0.3) is 0 Å². The van der Waals surface area contributed by atoms with Crippen LogP contribution < -0.4 is 0 Å². The van der Waals surface area contributed by atoms with E-state index in [9.17, 15) is 5.11 Å². The van der Waals surface area contributed by atoms with E-state index in [4.69, 9.17) is 0 Å². The average molecular weight is 492 g/mol. The lowest BCUT2D eigenvalue weighted by Crippen LogP contribution is -2.51. The number of nitrogens with zero attached hydrogens (tertiary/aromatic N) is 2. The predicted octanol–water partition coefficient (Wildman–Crippen LogP) is 4.43. The van der Waals surface area contributed by atoms with Crippen molar-refractivity contribution < 1.29 is 5.11 Å². The molecule has 2 aromatic carbocycles. The van der Waals surface area contributed by atoms with Crippen LogP contribution in [0.1, 0.15) is 35.6 Å². The van der Waals surface area contributed by atoms with Gasteiger partial charge in [-0.2, -0.15) is 0 Å². The molecule has 152 valence electrons. The highest BCUT2D eigenvalue weighted by molar-refractivity contribution is 14.1. The Hall–Kier alpha value is -0.950. The molecule has 3 nitrogen and oxygen atoms in total. The third kappa shape index (κ3) is 4.96. The fourth-order valence-corrected chi connectivity index (χ4v) is 5.17. The van der Waals surface area contributed by atoms with Crippen LogP contribution in [0.3, 0.4) is 0 Å². The Kier molecular flexibility index (Phi) is 7.18. The van der Waals surface area contributed by atoms with Crippen molar-refractivity contribution in [1.29, 1.82) is 0 Å². The van der Waals surface area contributed by atoms with Crippen LogP contribution in [0.25, 0.3) is 0 Å². The molecule has 1 heterocycles. The average Bonchev–Trinajstić information content (AvgIpc) is 2.66. The molecular formula is C24H33IN2O. The van der Waals surface area contributed by atoms with Crippen molar-refractivity contribution >= 4 is 22.6 Å². The molecule has 1 aliphatic heterocycles. The van der Waals surface area contributed by atoms with Crippen LogP contribution in [0.15, 0.2) is 42.5 Å². The van der Waals surface area contributed by atoms with Crippen molar-refractivity contribution in [2.45, 2.75) is 38.8 Å². The summed E-state index contributed by atoms with van der Waals surface area (Å²) in [6.07, 6.45) is 1.14. The highest BCUT2D eigenvalue weighted by Crippen LogP contribution is 2.40. The molecule has 2 atom stereocenters. The molecule has 0 aliphatic carbocycles. The fraction of sp³-hybridized carbons (Fsp3) is 0.500. The zero-order valence-electron chi connectivity index (χ0n) is 17.6. The largest absolute Gasteiger partial charge is 0.392 e.